The van der Waals surface area contributed by atoms with Gasteiger partial charge >= 0.3 is 0 Å². The summed E-state index contributed by atoms with van der Waals surface area (Å²) >= 11 is 11.5. The Morgan fingerprint density at radius 2 is 2.00 bits per heavy atom. The van der Waals surface area contributed by atoms with Gasteiger partial charge in [0.25, 0.3) is 0 Å². The summed E-state index contributed by atoms with van der Waals surface area (Å²) in [7, 11) is 0. The molecule has 0 radical (unpaired) electrons. The van der Waals surface area contributed by atoms with E-state index in [4.69, 9.17) is 27.9 Å². The molecule has 1 aliphatic heterocycles. The fraction of sp³-hybridized carbons (Fsp3) is 0.500. The molecule has 2 rings (SSSR count). The predicted octanol–water partition coefficient (Wildman–Crippen LogP) is 2.77. The van der Waals surface area contributed by atoms with Crippen LogP contribution >= 0.6 is 23.2 Å². The quantitative estimate of drug-likeness (QED) is 0.794. The molecule has 1 fully saturated rings. The number of alkyl halides is 1. The number of amides is 1. The second-order valence-electron chi connectivity index (χ2n) is 4.67. The van der Waals surface area contributed by atoms with Crippen molar-refractivity contribution in [3.63, 3.8) is 0 Å². The summed E-state index contributed by atoms with van der Waals surface area (Å²) in [4.78, 5) is 15.1. The number of halogens is 3. The molecule has 1 heterocycles. The Hall–Kier alpha value is -1.20. The standard InChI is InChI=1S/C14H17Cl2FN2O2/c1-2-21-13-8-12(11(17)7-10(13)16)18-3-5-19(6-4-18)14(20)9-15/h7-8H,2-6,9H2,1H3. The molecule has 0 bridgehead atoms. The van der Waals surface area contributed by atoms with Crippen LogP contribution in [0.1, 0.15) is 6.92 Å². The van der Waals surface area contributed by atoms with Gasteiger partial charge in [-0.1, -0.05) is 11.6 Å². The van der Waals surface area contributed by atoms with Crippen molar-refractivity contribution in [2.75, 3.05) is 43.6 Å². The molecule has 116 valence electrons. The maximum atomic E-state index is 14.1. The van der Waals surface area contributed by atoms with E-state index in [0.717, 1.165) is 0 Å². The number of rotatable bonds is 4. The highest BCUT2D eigenvalue weighted by molar-refractivity contribution is 6.32. The number of nitrogens with zero attached hydrogens (tertiary/aromatic N) is 2. The van der Waals surface area contributed by atoms with Crippen LogP contribution < -0.4 is 9.64 Å². The first-order valence-corrected chi connectivity index (χ1v) is 7.68. The van der Waals surface area contributed by atoms with Crippen LogP contribution in [0.15, 0.2) is 12.1 Å². The highest BCUT2D eigenvalue weighted by Crippen LogP contribution is 2.33. The zero-order valence-corrected chi connectivity index (χ0v) is 13.3. The molecular weight excluding hydrogens is 318 g/mol. The van der Waals surface area contributed by atoms with E-state index < -0.39 is 0 Å². The first kappa shape index (κ1) is 16.2. The Kier molecular flexibility index (Phi) is 5.53. The van der Waals surface area contributed by atoms with Crippen LogP contribution in [0.5, 0.6) is 5.75 Å². The van der Waals surface area contributed by atoms with Gasteiger partial charge in [-0.3, -0.25) is 4.79 Å². The van der Waals surface area contributed by atoms with Crippen molar-refractivity contribution in [2.24, 2.45) is 0 Å². The van der Waals surface area contributed by atoms with Crippen LogP contribution in [0, 0.1) is 5.82 Å². The van der Waals surface area contributed by atoms with E-state index in [1.165, 1.54) is 6.07 Å². The Morgan fingerprint density at radius 1 is 1.33 bits per heavy atom. The lowest BCUT2D eigenvalue weighted by molar-refractivity contribution is -0.128. The Balaban J connectivity index is 2.12. The average Bonchev–Trinajstić information content (AvgIpc) is 2.49. The minimum absolute atomic E-state index is 0.0240. The van der Waals surface area contributed by atoms with Gasteiger partial charge in [-0.25, -0.2) is 4.39 Å². The lowest BCUT2D eigenvalue weighted by atomic mass is 10.2. The van der Waals surface area contributed by atoms with Crippen molar-refractivity contribution in [1.29, 1.82) is 0 Å². The van der Waals surface area contributed by atoms with E-state index in [2.05, 4.69) is 0 Å². The Bertz CT molecular complexity index is 520. The molecule has 0 unspecified atom stereocenters. The van der Waals surface area contributed by atoms with Gasteiger partial charge in [0.1, 0.15) is 17.4 Å². The van der Waals surface area contributed by atoms with Gasteiger partial charge in [0.05, 0.1) is 17.3 Å². The predicted molar refractivity (Wildman–Crippen MR) is 82.1 cm³/mol. The summed E-state index contributed by atoms with van der Waals surface area (Å²) in [6.45, 7) is 4.45. The largest absolute Gasteiger partial charge is 0.492 e. The fourth-order valence-corrected chi connectivity index (χ4v) is 2.68. The molecule has 21 heavy (non-hydrogen) atoms. The molecule has 0 aromatic heterocycles. The van der Waals surface area contributed by atoms with Gasteiger partial charge < -0.3 is 14.5 Å². The summed E-state index contributed by atoms with van der Waals surface area (Å²) in [6.07, 6.45) is 0. The minimum Gasteiger partial charge on any atom is -0.492 e. The number of benzene rings is 1. The summed E-state index contributed by atoms with van der Waals surface area (Å²) in [5, 5.41) is 0.258. The molecule has 7 heteroatoms. The van der Waals surface area contributed by atoms with Crippen molar-refractivity contribution in [2.45, 2.75) is 6.92 Å². The van der Waals surface area contributed by atoms with E-state index in [1.54, 1.807) is 11.0 Å². The van der Waals surface area contributed by atoms with Gasteiger partial charge in [0.15, 0.2) is 0 Å². The molecule has 0 saturated carbocycles. The van der Waals surface area contributed by atoms with E-state index in [0.29, 0.717) is 44.2 Å². The van der Waals surface area contributed by atoms with E-state index in [-0.39, 0.29) is 22.6 Å². The van der Waals surface area contributed by atoms with Crippen LogP contribution in [-0.2, 0) is 4.79 Å². The van der Waals surface area contributed by atoms with Crippen molar-refractivity contribution in [3.8, 4) is 5.75 Å². The van der Waals surface area contributed by atoms with Gasteiger partial charge in [-0.2, -0.15) is 0 Å². The van der Waals surface area contributed by atoms with E-state index in [1.807, 2.05) is 11.8 Å². The molecule has 1 amide bonds. The number of hydrogen-bond donors (Lipinski definition) is 0. The average molecular weight is 335 g/mol. The number of ether oxygens (including phenoxy) is 1. The lowest BCUT2D eigenvalue weighted by Gasteiger charge is -2.36. The van der Waals surface area contributed by atoms with Crippen molar-refractivity contribution < 1.29 is 13.9 Å². The number of hydrogen-bond acceptors (Lipinski definition) is 3. The normalized spacial score (nSPS) is 15.2. The second kappa shape index (κ2) is 7.18. The Labute approximate surface area is 133 Å². The zero-order valence-electron chi connectivity index (χ0n) is 11.7. The van der Waals surface area contributed by atoms with Crippen LogP contribution in [-0.4, -0.2) is 49.5 Å². The molecule has 1 saturated heterocycles. The summed E-state index contributed by atoms with van der Waals surface area (Å²) in [5.41, 5.74) is 0.445. The SMILES string of the molecule is CCOc1cc(N2CCN(C(=O)CCl)CC2)c(F)cc1Cl. The van der Waals surface area contributed by atoms with E-state index in [9.17, 15) is 9.18 Å². The van der Waals surface area contributed by atoms with E-state index >= 15 is 0 Å². The molecular formula is C14H17Cl2FN2O2. The third-order valence-electron chi connectivity index (χ3n) is 3.39. The monoisotopic (exact) mass is 334 g/mol. The van der Waals surface area contributed by atoms with Gasteiger partial charge in [0, 0.05) is 32.2 Å². The fourth-order valence-electron chi connectivity index (χ4n) is 2.31. The molecule has 4 nitrogen and oxygen atoms in total. The van der Waals surface area contributed by atoms with Crippen LogP contribution in [0.2, 0.25) is 5.02 Å². The number of anilines is 1. The third-order valence-corrected chi connectivity index (χ3v) is 3.91. The number of piperazine rings is 1. The maximum Gasteiger partial charge on any atom is 0.237 e. The van der Waals surface area contributed by atoms with Gasteiger partial charge in [0.2, 0.25) is 5.91 Å². The molecule has 1 aromatic carbocycles. The third kappa shape index (κ3) is 3.71. The zero-order chi connectivity index (χ0) is 15.4. The topological polar surface area (TPSA) is 32.8 Å². The smallest absolute Gasteiger partial charge is 0.237 e. The summed E-state index contributed by atoms with van der Waals surface area (Å²) in [6, 6.07) is 2.87. The number of carbonyl (C=O) groups is 1. The first-order chi connectivity index (χ1) is 10.1. The first-order valence-electron chi connectivity index (χ1n) is 6.77. The highest BCUT2D eigenvalue weighted by atomic mass is 35.5. The molecule has 1 aliphatic rings. The van der Waals surface area contributed by atoms with Gasteiger partial charge in [-0.15, -0.1) is 11.6 Å². The molecule has 0 atom stereocenters. The van der Waals surface area contributed by atoms with Crippen LogP contribution in [0.3, 0.4) is 0 Å². The molecule has 0 N–H and O–H groups in total. The minimum atomic E-state index is -0.388. The lowest BCUT2D eigenvalue weighted by Crippen LogP contribution is -2.49. The molecule has 1 aromatic rings. The van der Waals surface area contributed by atoms with Gasteiger partial charge in [-0.05, 0) is 13.0 Å². The van der Waals surface area contributed by atoms with Crippen molar-refractivity contribution in [1.82, 2.24) is 4.90 Å². The summed E-state index contributed by atoms with van der Waals surface area (Å²) < 4.78 is 19.5. The Morgan fingerprint density at radius 3 is 2.57 bits per heavy atom. The van der Waals surface area contributed by atoms with Crippen LogP contribution in [0.4, 0.5) is 10.1 Å². The van der Waals surface area contributed by atoms with Crippen LogP contribution in [0.25, 0.3) is 0 Å². The molecule has 0 aliphatic carbocycles. The highest BCUT2D eigenvalue weighted by Gasteiger charge is 2.23. The maximum absolute atomic E-state index is 14.1. The number of carbonyl (C=O) groups excluding carboxylic acids is 1. The van der Waals surface area contributed by atoms with Crippen molar-refractivity contribution in [3.05, 3.63) is 23.0 Å². The molecule has 0 spiro atoms. The van der Waals surface area contributed by atoms with Crippen molar-refractivity contribution >= 4 is 34.8 Å². The summed E-state index contributed by atoms with van der Waals surface area (Å²) in [5.74, 6) is -0.0395. The second-order valence-corrected chi connectivity index (χ2v) is 5.34.